The molecule has 7 nitrogen and oxygen atoms in total. The predicted molar refractivity (Wildman–Crippen MR) is 92.6 cm³/mol. The monoisotopic (exact) mass is 340 g/mol. The lowest BCUT2D eigenvalue weighted by atomic mass is 10.0. The van der Waals surface area contributed by atoms with Gasteiger partial charge in [0.05, 0.1) is 5.69 Å². The van der Waals surface area contributed by atoms with Gasteiger partial charge in [-0.05, 0) is 37.5 Å². The summed E-state index contributed by atoms with van der Waals surface area (Å²) in [6.07, 6.45) is 2.38. The van der Waals surface area contributed by atoms with Crippen molar-refractivity contribution in [3.05, 3.63) is 58.5 Å². The minimum atomic E-state index is -0.495. The van der Waals surface area contributed by atoms with E-state index in [1.165, 1.54) is 16.8 Å². The zero-order valence-corrected chi connectivity index (χ0v) is 14.0. The summed E-state index contributed by atoms with van der Waals surface area (Å²) in [5, 5.41) is 6.83. The summed E-state index contributed by atoms with van der Waals surface area (Å²) in [5.74, 6) is -0.512. The third kappa shape index (κ3) is 3.45. The second-order valence-electron chi connectivity index (χ2n) is 5.93. The van der Waals surface area contributed by atoms with E-state index in [1.54, 1.807) is 36.2 Å². The first-order chi connectivity index (χ1) is 12.1. The van der Waals surface area contributed by atoms with E-state index in [0.717, 1.165) is 12.8 Å². The van der Waals surface area contributed by atoms with Crippen LogP contribution in [0.1, 0.15) is 29.8 Å². The molecule has 25 heavy (non-hydrogen) atoms. The van der Waals surface area contributed by atoms with Crippen LogP contribution in [0.15, 0.2) is 47.3 Å². The summed E-state index contributed by atoms with van der Waals surface area (Å²) in [7, 11) is 1.56. The number of hydrogen-bond donors (Lipinski definition) is 1. The highest BCUT2D eigenvalue weighted by molar-refractivity contribution is 5.96. The first kappa shape index (κ1) is 16.9. The molecule has 1 aliphatic rings. The smallest absolute Gasteiger partial charge is 0.274 e. The van der Waals surface area contributed by atoms with Gasteiger partial charge in [-0.15, -0.1) is 0 Å². The zero-order valence-electron chi connectivity index (χ0n) is 14.0. The summed E-state index contributed by atoms with van der Waals surface area (Å²) in [6.45, 7) is 0.503. The van der Waals surface area contributed by atoms with E-state index in [1.807, 2.05) is 6.07 Å². The molecule has 1 atom stereocenters. The van der Waals surface area contributed by atoms with Crippen LogP contribution in [0.5, 0.6) is 0 Å². The van der Waals surface area contributed by atoms with E-state index in [-0.39, 0.29) is 23.1 Å². The summed E-state index contributed by atoms with van der Waals surface area (Å²) in [5.41, 5.74) is 0.423. The Balaban J connectivity index is 1.94. The molecule has 1 aromatic carbocycles. The number of benzene rings is 1. The Labute approximate surface area is 145 Å². The van der Waals surface area contributed by atoms with Crippen molar-refractivity contribution in [3.8, 4) is 5.69 Å². The lowest BCUT2D eigenvalue weighted by Gasteiger charge is -2.34. The number of carbonyl (C=O) groups is 2. The van der Waals surface area contributed by atoms with Gasteiger partial charge in [0, 0.05) is 19.7 Å². The molecule has 1 saturated heterocycles. The maximum absolute atomic E-state index is 12.9. The van der Waals surface area contributed by atoms with Gasteiger partial charge >= 0.3 is 0 Å². The highest BCUT2D eigenvalue weighted by Gasteiger charge is 2.32. The maximum atomic E-state index is 12.9. The molecule has 130 valence electrons. The number of piperidine rings is 1. The highest BCUT2D eigenvalue weighted by atomic mass is 16.2. The average molecular weight is 340 g/mol. The van der Waals surface area contributed by atoms with E-state index in [0.29, 0.717) is 18.7 Å². The Morgan fingerprint density at radius 2 is 1.88 bits per heavy atom. The fourth-order valence-corrected chi connectivity index (χ4v) is 3.04. The second-order valence-corrected chi connectivity index (χ2v) is 5.93. The lowest BCUT2D eigenvalue weighted by Crippen LogP contribution is -2.51. The van der Waals surface area contributed by atoms with Crippen molar-refractivity contribution in [2.75, 3.05) is 13.6 Å². The molecule has 0 saturated carbocycles. The molecule has 0 radical (unpaired) electrons. The zero-order chi connectivity index (χ0) is 17.8. The molecule has 3 rings (SSSR count). The molecular weight excluding hydrogens is 320 g/mol. The van der Waals surface area contributed by atoms with Crippen molar-refractivity contribution in [1.29, 1.82) is 0 Å². The molecule has 1 aromatic heterocycles. The summed E-state index contributed by atoms with van der Waals surface area (Å²) < 4.78 is 1.20. The van der Waals surface area contributed by atoms with Crippen LogP contribution in [-0.4, -0.2) is 46.1 Å². The standard InChI is InChI=1S/C18H20N4O3/c1-19-17(24)15-9-5-6-12-21(15)18(25)14-10-11-16(23)22(20-14)13-7-3-2-4-8-13/h2-4,7-8,10-11,15H,5-6,9,12H2,1H3,(H,19,24). The van der Waals surface area contributed by atoms with Crippen molar-refractivity contribution >= 4 is 11.8 Å². The maximum Gasteiger partial charge on any atom is 0.274 e. The predicted octanol–water partition coefficient (Wildman–Crippen LogP) is 0.973. The summed E-state index contributed by atoms with van der Waals surface area (Å²) in [4.78, 5) is 38.6. The van der Waals surface area contributed by atoms with Gasteiger partial charge in [-0.1, -0.05) is 18.2 Å². The Kier molecular flexibility index (Phi) is 4.92. The first-order valence-electron chi connectivity index (χ1n) is 8.30. The molecule has 2 heterocycles. The Hall–Kier alpha value is -2.96. The Morgan fingerprint density at radius 1 is 1.12 bits per heavy atom. The molecule has 1 aliphatic heterocycles. The largest absolute Gasteiger partial charge is 0.357 e. The van der Waals surface area contributed by atoms with Crippen LogP contribution >= 0.6 is 0 Å². The third-order valence-corrected chi connectivity index (χ3v) is 4.33. The van der Waals surface area contributed by atoms with Gasteiger partial charge in [0.25, 0.3) is 11.5 Å². The number of carbonyl (C=O) groups excluding carboxylic acids is 2. The van der Waals surface area contributed by atoms with Crippen LogP contribution in [0.3, 0.4) is 0 Å². The van der Waals surface area contributed by atoms with Gasteiger partial charge in [0.2, 0.25) is 5.91 Å². The van der Waals surface area contributed by atoms with Crippen LogP contribution in [-0.2, 0) is 4.79 Å². The fourth-order valence-electron chi connectivity index (χ4n) is 3.04. The van der Waals surface area contributed by atoms with E-state index in [9.17, 15) is 14.4 Å². The SMILES string of the molecule is CNC(=O)C1CCCCN1C(=O)c1ccc(=O)n(-c2ccccc2)n1. The number of likely N-dealkylation sites (tertiary alicyclic amines) is 1. The molecule has 1 fully saturated rings. The number of likely N-dealkylation sites (N-methyl/N-ethyl adjacent to an activating group) is 1. The molecule has 7 heteroatoms. The molecule has 2 amide bonds. The van der Waals surface area contributed by atoms with Gasteiger partial charge in [0.15, 0.2) is 0 Å². The number of amides is 2. The first-order valence-corrected chi connectivity index (χ1v) is 8.30. The van der Waals surface area contributed by atoms with Crippen molar-refractivity contribution in [1.82, 2.24) is 20.0 Å². The van der Waals surface area contributed by atoms with Crippen LogP contribution in [0.2, 0.25) is 0 Å². The van der Waals surface area contributed by atoms with E-state index in [2.05, 4.69) is 10.4 Å². The van der Waals surface area contributed by atoms with Crippen LogP contribution in [0, 0.1) is 0 Å². The normalized spacial score (nSPS) is 17.2. The number of rotatable bonds is 3. The minimum Gasteiger partial charge on any atom is -0.357 e. The van der Waals surface area contributed by atoms with Crippen LogP contribution < -0.4 is 10.9 Å². The number of para-hydroxylation sites is 1. The van der Waals surface area contributed by atoms with E-state index in [4.69, 9.17) is 0 Å². The topological polar surface area (TPSA) is 84.3 Å². The van der Waals surface area contributed by atoms with Gasteiger partial charge in [-0.25, -0.2) is 0 Å². The lowest BCUT2D eigenvalue weighted by molar-refractivity contribution is -0.126. The molecule has 0 bridgehead atoms. The second kappa shape index (κ2) is 7.29. The van der Waals surface area contributed by atoms with Gasteiger partial charge < -0.3 is 10.2 Å². The number of hydrogen-bond acceptors (Lipinski definition) is 4. The third-order valence-electron chi connectivity index (χ3n) is 4.33. The molecule has 0 spiro atoms. The molecule has 1 N–H and O–H groups in total. The quantitative estimate of drug-likeness (QED) is 0.902. The van der Waals surface area contributed by atoms with Crippen molar-refractivity contribution in [2.45, 2.75) is 25.3 Å². The molecule has 1 unspecified atom stereocenters. The molecular formula is C18H20N4O3. The Morgan fingerprint density at radius 3 is 2.60 bits per heavy atom. The van der Waals surface area contributed by atoms with Crippen LogP contribution in [0.4, 0.5) is 0 Å². The van der Waals surface area contributed by atoms with Crippen molar-refractivity contribution in [3.63, 3.8) is 0 Å². The van der Waals surface area contributed by atoms with E-state index < -0.39 is 6.04 Å². The van der Waals surface area contributed by atoms with Crippen molar-refractivity contribution in [2.24, 2.45) is 0 Å². The average Bonchev–Trinajstić information content (AvgIpc) is 2.68. The number of nitrogens with one attached hydrogen (secondary N) is 1. The minimum absolute atomic E-state index is 0.152. The number of nitrogens with zero attached hydrogens (tertiary/aromatic N) is 3. The van der Waals surface area contributed by atoms with Crippen molar-refractivity contribution < 1.29 is 9.59 Å². The van der Waals surface area contributed by atoms with Gasteiger partial charge in [-0.2, -0.15) is 9.78 Å². The molecule has 0 aliphatic carbocycles. The number of aromatic nitrogens is 2. The van der Waals surface area contributed by atoms with Crippen LogP contribution in [0.25, 0.3) is 5.69 Å². The Bertz CT molecular complexity index is 832. The van der Waals surface area contributed by atoms with Gasteiger partial charge in [-0.3, -0.25) is 14.4 Å². The summed E-state index contributed by atoms with van der Waals surface area (Å²) >= 11 is 0. The van der Waals surface area contributed by atoms with Gasteiger partial charge in [0.1, 0.15) is 11.7 Å². The van der Waals surface area contributed by atoms with E-state index >= 15 is 0 Å². The highest BCUT2D eigenvalue weighted by Crippen LogP contribution is 2.19. The fraction of sp³-hybridized carbons (Fsp3) is 0.333. The summed E-state index contributed by atoms with van der Waals surface area (Å²) in [6, 6.07) is 11.2. The molecule has 2 aromatic rings.